The summed E-state index contributed by atoms with van der Waals surface area (Å²) in [7, 11) is 0. The zero-order chi connectivity index (χ0) is 80.7. The SMILES string of the molecule is c1ccc(-c2ccc(-n3c4ccc(-c5ccc6c7ccc(-c8ccc9ccc%10c%11cc(-c%12ccc%13c%14ccccc%14n(-c%14nc%15c%16c(cccc%16n%14)Oc%14ccccc%14-%15)c%13c%12)ccc%11n(-c%11ccc%12ccc%13ccccc%13c%12c%11)c%10c9c8)cc7n(-c7nc8c9c(cccc9n7)Oc7ccccc7-8)c6c5)cc4c4ccc5ccccc5c43)c3ccccc23)cc1. The Morgan fingerprint density at radius 2 is 0.605 bits per heavy atom. The maximum absolute atomic E-state index is 6.62. The number of ether oxygens (including phenoxy) is 2. The quantitative estimate of drug-likeness (QED) is 0.141. The molecule has 2 aliphatic rings. The highest BCUT2D eigenvalue weighted by atomic mass is 16.5. The van der Waals surface area contributed by atoms with Crippen LogP contribution in [0.25, 0.3) is 253 Å². The van der Waals surface area contributed by atoms with Gasteiger partial charge in [0.2, 0.25) is 11.9 Å². The van der Waals surface area contributed by atoms with Crippen LogP contribution in [0.1, 0.15) is 0 Å². The summed E-state index contributed by atoms with van der Waals surface area (Å²) in [6, 6.07) is 142. The number of hydrogen-bond acceptors (Lipinski definition) is 6. The predicted octanol–water partition coefficient (Wildman–Crippen LogP) is 29.9. The molecule has 0 saturated carbocycles. The zero-order valence-electron chi connectivity index (χ0n) is 66.3. The van der Waals surface area contributed by atoms with Gasteiger partial charge in [0.15, 0.2) is 0 Å². The highest BCUT2D eigenvalue weighted by molar-refractivity contribution is 6.23. The molecule has 0 amide bonds. The second kappa shape index (κ2) is 25.4. The number of para-hydroxylation sites is 3. The summed E-state index contributed by atoms with van der Waals surface area (Å²) in [6.07, 6.45) is 0. The number of rotatable bonds is 8. The van der Waals surface area contributed by atoms with Crippen molar-refractivity contribution in [3.05, 3.63) is 388 Å². The van der Waals surface area contributed by atoms with Crippen LogP contribution in [-0.4, -0.2) is 38.2 Å². The Hall–Kier alpha value is -16.8. The van der Waals surface area contributed by atoms with Crippen LogP contribution in [0.15, 0.2) is 388 Å². The lowest BCUT2D eigenvalue weighted by molar-refractivity contribution is 0.486. The maximum Gasteiger partial charge on any atom is 0.235 e. The molecule has 0 N–H and O–H groups in total. The number of aromatic nitrogens is 8. The summed E-state index contributed by atoms with van der Waals surface area (Å²) < 4.78 is 22.7. The molecule has 0 atom stereocenters. The van der Waals surface area contributed by atoms with Crippen molar-refractivity contribution in [3.63, 3.8) is 0 Å². The van der Waals surface area contributed by atoms with E-state index in [1.165, 1.54) is 70.5 Å². The van der Waals surface area contributed by atoms with Crippen LogP contribution in [0.5, 0.6) is 23.0 Å². The fraction of sp³-hybridized carbons (Fsp3) is 0. The minimum absolute atomic E-state index is 0.570. The molecule has 124 heavy (non-hydrogen) atoms. The van der Waals surface area contributed by atoms with Gasteiger partial charge in [-0.05, 0) is 204 Å². The van der Waals surface area contributed by atoms with Gasteiger partial charge in [-0.1, -0.05) is 267 Å². The Balaban J connectivity index is 0.638. The van der Waals surface area contributed by atoms with Crippen LogP contribution in [0.3, 0.4) is 0 Å². The Morgan fingerprint density at radius 3 is 1.23 bits per heavy atom. The van der Waals surface area contributed by atoms with Crippen LogP contribution in [0.4, 0.5) is 0 Å². The summed E-state index contributed by atoms with van der Waals surface area (Å²) in [5, 5.41) is 22.8. The standard InChI is InChI=1S/C114H64N8O2/c1-2-18-65(19-3-1)78-54-57-97(81-25-9-8-24-80(78)81)120-99-56-47-72(60-93(99)86-52-41-67-21-5-7-23-79(67)111(86)120)75-45-51-85-84-50-44-73(62-101(84)122(102(85)63-75)114-116-95-30-17-35-106-108(95)110(118-114)89-28-12-15-33-104(89)124-106)70-39-38-69-42-53-87-92-59-71(46-55-98(92)119(112(87)91(69)58-70)76-48-40-68-37-36-66-20-4-6-22-77(66)90(68)64-76)74-43-49-83-82-26-10-13-31-96(82)121(100(83)61-74)113-115-94-29-16-34-105-107(94)109(117-113)88-27-11-14-32-103(88)123-105/h1-64H. The summed E-state index contributed by atoms with van der Waals surface area (Å²) in [5.41, 5.74) is 24.9. The lowest BCUT2D eigenvalue weighted by Gasteiger charge is -2.21. The van der Waals surface area contributed by atoms with Crippen molar-refractivity contribution in [3.8, 4) is 113 Å². The van der Waals surface area contributed by atoms with Crippen LogP contribution >= 0.6 is 0 Å². The fourth-order valence-electron chi connectivity index (χ4n) is 20.9. The first kappa shape index (κ1) is 67.1. The van der Waals surface area contributed by atoms with Crippen LogP contribution < -0.4 is 9.47 Å². The van der Waals surface area contributed by atoms with E-state index in [0.29, 0.717) is 11.9 Å². The monoisotopic (exact) mass is 1580 g/mol. The molecule has 20 aromatic carbocycles. The Kier molecular flexibility index (Phi) is 13.7. The van der Waals surface area contributed by atoms with Gasteiger partial charge >= 0.3 is 0 Å². The molecule has 28 rings (SSSR count). The molecule has 0 bridgehead atoms. The van der Waals surface area contributed by atoms with E-state index in [4.69, 9.17) is 29.4 Å². The fourth-order valence-corrected chi connectivity index (χ4v) is 20.9. The van der Waals surface area contributed by atoms with Gasteiger partial charge in [-0.15, -0.1) is 0 Å². The van der Waals surface area contributed by atoms with E-state index in [-0.39, 0.29) is 0 Å². The number of nitrogens with zero attached hydrogens (tertiary/aromatic N) is 8. The highest BCUT2D eigenvalue weighted by Crippen LogP contribution is 2.51. The Morgan fingerprint density at radius 1 is 0.194 bits per heavy atom. The van der Waals surface area contributed by atoms with Crippen LogP contribution in [-0.2, 0) is 0 Å². The smallest absolute Gasteiger partial charge is 0.235 e. The van der Waals surface area contributed by atoms with Crippen molar-refractivity contribution < 1.29 is 9.47 Å². The molecule has 10 heteroatoms. The molecule has 0 unspecified atom stereocenters. The molecule has 0 aliphatic carbocycles. The van der Waals surface area contributed by atoms with E-state index < -0.39 is 0 Å². The molecule has 2 aliphatic heterocycles. The van der Waals surface area contributed by atoms with Crippen molar-refractivity contribution >= 4 is 163 Å². The maximum atomic E-state index is 6.62. The first-order valence-electron chi connectivity index (χ1n) is 42.2. The second-order valence-electron chi connectivity index (χ2n) is 33.1. The van der Waals surface area contributed by atoms with E-state index >= 15 is 0 Å². The van der Waals surface area contributed by atoms with E-state index in [9.17, 15) is 0 Å². The molecule has 572 valence electrons. The average molecular weight is 1580 g/mol. The van der Waals surface area contributed by atoms with Crippen molar-refractivity contribution in [1.82, 2.24) is 38.2 Å². The van der Waals surface area contributed by atoms with Gasteiger partial charge in [0.1, 0.15) is 23.0 Å². The van der Waals surface area contributed by atoms with E-state index in [1.54, 1.807) is 0 Å². The van der Waals surface area contributed by atoms with Gasteiger partial charge in [0, 0.05) is 76.1 Å². The number of fused-ring (bicyclic) bond motifs is 24. The summed E-state index contributed by atoms with van der Waals surface area (Å²) in [6.45, 7) is 0. The predicted molar refractivity (Wildman–Crippen MR) is 510 cm³/mol. The van der Waals surface area contributed by atoms with Gasteiger partial charge in [-0.25, -0.2) is 19.9 Å². The normalized spacial score (nSPS) is 12.5. The van der Waals surface area contributed by atoms with Gasteiger partial charge in [0.25, 0.3) is 0 Å². The van der Waals surface area contributed by atoms with Gasteiger partial charge < -0.3 is 18.6 Å². The Labute approximate surface area is 707 Å². The van der Waals surface area contributed by atoms with E-state index in [0.717, 1.165) is 194 Å². The third kappa shape index (κ3) is 9.64. The minimum atomic E-state index is 0.570. The largest absolute Gasteiger partial charge is 0.456 e. The van der Waals surface area contributed by atoms with Crippen molar-refractivity contribution in [2.45, 2.75) is 0 Å². The topological polar surface area (TPSA) is 89.7 Å². The van der Waals surface area contributed by atoms with Gasteiger partial charge in [0.05, 0.1) is 83.0 Å². The first-order chi connectivity index (χ1) is 61.4. The second-order valence-corrected chi connectivity index (χ2v) is 33.1. The third-order valence-electron chi connectivity index (χ3n) is 26.5. The van der Waals surface area contributed by atoms with Crippen LogP contribution in [0.2, 0.25) is 0 Å². The molecule has 8 heterocycles. The molecular weight excluding hydrogens is 1510 g/mol. The average Bonchev–Trinajstić information content (AvgIpc) is 1.53. The summed E-state index contributed by atoms with van der Waals surface area (Å²) >= 11 is 0. The van der Waals surface area contributed by atoms with Gasteiger partial charge in [-0.2, -0.15) is 0 Å². The highest BCUT2D eigenvalue weighted by Gasteiger charge is 2.30. The molecule has 6 aromatic heterocycles. The minimum Gasteiger partial charge on any atom is -0.456 e. The third-order valence-corrected chi connectivity index (χ3v) is 26.5. The molecule has 0 saturated heterocycles. The van der Waals surface area contributed by atoms with E-state index in [1.807, 2.05) is 54.6 Å². The lowest BCUT2D eigenvalue weighted by Crippen LogP contribution is -2.06. The zero-order valence-corrected chi connectivity index (χ0v) is 66.3. The molecule has 10 nitrogen and oxygen atoms in total. The Bertz CT molecular complexity index is 9290. The number of benzene rings is 20. The van der Waals surface area contributed by atoms with Crippen LogP contribution in [0, 0.1) is 0 Å². The lowest BCUT2D eigenvalue weighted by atomic mass is 9.97. The first-order valence-corrected chi connectivity index (χ1v) is 42.2. The molecular formula is C114H64N8O2. The number of hydrogen-bond donors (Lipinski definition) is 0. The van der Waals surface area contributed by atoms with Crippen molar-refractivity contribution in [2.75, 3.05) is 0 Å². The molecule has 0 radical (unpaired) electrons. The summed E-state index contributed by atoms with van der Waals surface area (Å²) in [5.74, 6) is 4.21. The van der Waals surface area contributed by atoms with Crippen molar-refractivity contribution in [2.24, 2.45) is 0 Å². The summed E-state index contributed by atoms with van der Waals surface area (Å²) in [4.78, 5) is 22.1. The molecule has 0 fully saturated rings. The molecule has 0 spiro atoms. The molecule has 26 aromatic rings. The van der Waals surface area contributed by atoms with E-state index in [2.05, 4.69) is 352 Å². The van der Waals surface area contributed by atoms with Gasteiger partial charge in [-0.3, -0.25) is 9.13 Å². The van der Waals surface area contributed by atoms with Crippen molar-refractivity contribution in [1.29, 1.82) is 0 Å².